The van der Waals surface area contributed by atoms with Crippen molar-refractivity contribution >= 4 is 23.3 Å². The number of rotatable bonds is 4. The van der Waals surface area contributed by atoms with E-state index in [4.69, 9.17) is 9.47 Å². The second-order valence-corrected chi connectivity index (χ2v) is 18.0. The van der Waals surface area contributed by atoms with Gasteiger partial charge < -0.3 is 14.8 Å². The van der Waals surface area contributed by atoms with Crippen LogP contribution in [0.15, 0.2) is 72.8 Å². The fraction of sp³-hybridized carbons (Fsp3) is 0.409. The molecule has 4 aromatic carbocycles. The van der Waals surface area contributed by atoms with Crippen molar-refractivity contribution in [3.63, 3.8) is 0 Å². The summed E-state index contributed by atoms with van der Waals surface area (Å²) in [4.78, 5) is 26.7. The number of hydrogen-bond donors (Lipinski definition) is 1. The summed E-state index contributed by atoms with van der Waals surface area (Å²) < 4.78 is 11.9. The molecule has 4 aromatic rings. The Morgan fingerprint density at radius 1 is 0.469 bits per heavy atom. The van der Waals surface area contributed by atoms with Gasteiger partial charge in [0, 0.05) is 33.6 Å². The van der Waals surface area contributed by atoms with Crippen LogP contribution in [0.25, 0.3) is 0 Å². The van der Waals surface area contributed by atoms with Gasteiger partial charge in [-0.15, -0.1) is 0 Å². The molecule has 0 saturated carbocycles. The van der Waals surface area contributed by atoms with E-state index >= 15 is 0 Å². The van der Waals surface area contributed by atoms with Crippen LogP contribution in [0, 0.1) is 0 Å². The van der Waals surface area contributed by atoms with Crippen molar-refractivity contribution in [2.45, 2.75) is 117 Å². The number of hydrogen-bond acceptors (Lipinski definition) is 5. The van der Waals surface area contributed by atoms with Crippen molar-refractivity contribution in [3.05, 3.63) is 117 Å². The first-order valence-electron chi connectivity index (χ1n) is 17.4. The summed E-state index contributed by atoms with van der Waals surface area (Å²) in [7, 11) is 0. The summed E-state index contributed by atoms with van der Waals surface area (Å²) in [5, 5.41) is 3.48. The SMILES string of the molecule is CC(C)(C)c1cc2c(c(C(C)(C)C)c1)OC(=O)C2c1ccc(Nc2ccc(C3C(=O)Oc4c3cc(C(C)(C)C)cc4C(C)(C)C)cc2)cc1. The maximum Gasteiger partial charge on any atom is 0.323 e. The van der Waals surface area contributed by atoms with Crippen LogP contribution < -0.4 is 14.8 Å². The lowest BCUT2D eigenvalue weighted by Gasteiger charge is -2.27. The molecule has 2 atom stereocenters. The lowest BCUT2D eigenvalue weighted by Crippen LogP contribution is -2.17. The Balaban J connectivity index is 1.26. The molecule has 6 rings (SSSR count). The van der Waals surface area contributed by atoms with Gasteiger partial charge in [-0.2, -0.15) is 0 Å². The first kappa shape index (κ1) is 34.5. The third-order valence-corrected chi connectivity index (χ3v) is 9.86. The molecule has 0 bridgehead atoms. The lowest BCUT2D eigenvalue weighted by molar-refractivity contribution is -0.134. The lowest BCUT2D eigenvalue weighted by atomic mass is 9.77. The fourth-order valence-electron chi connectivity index (χ4n) is 6.83. The third-order valence-electron chi connectivity index (χ3n) is 9.86. The zero-order valence-electron chi connectivity index (χ0n) is 31.2. The molecule has 49 heavy (non-hydrogen) atoms. The van der Waals surface area contributed by atoms with E-state index in [2.05, 4.69) is 113 Å². The predicted octanol–water partition coefficient (Wildman–Crippen LogP) is 10.7. The highest BCUT2D eigenvalue weighted by molar-refractivity contribution is 5.91. The van der Waals surface area contributed by atoms with Gasteiger partial charge in [-0.25, -0.2) is 0 Å². The molecule has 2 aliphatic heterocycles. The molecule has 0 fully saturated rings. The minimum atomic E-state index is -0.474. The molecule has 0 aliphatic carbocycles. The van der Waals surface area contributed by atoms with Crippen molar-refractivity contribution in [3.8, 4) is 11.5 Å². The summed E-state index contributed by atoms with van der Waals surface area (Å²) in [5.41, 5.74) is 9.51. The minimum Gasteiger partial charge on any atom is -0.425 e. The van der Waals surface area contributed by atoms with Gasteiger partial charge >= 0.3 is 11.9 Å². The first-order valence-corrected chi connectivity index (χ1v) is 17.4. The summed E-state index contributed by atoms with van der Waals surface area (Å²) in [6.07, 6.45) is 0. The Morgan fingerprint density at radius 3 is 1.08 bits per heavy atom. The van der Waals surface area contributed by atoms with Gasteiger partial charge in [-0.3, -0.25) is 9.59 Å². The number of esters is 2. The van der Waals surface area contributed by atoms with Crippen molar-refractivity contribution in [1.29, 1.82) is 0 Å². The van der Waals surface area contributed by atoms with Gasteiger partial charge in [0.25, 0.3) is 0 Å². The Morgan fingerprint density at radius 2 is 0.796 bits per heavy atom. The van der Waals surface area contributed by atoms with E-state index in [-0.39, 0.29) is 33.6 Å². The van der Waals surface area contributed by atoms with E-state index in [9.17, 15) is 9.59 Å². The largest absolute Gasteiger partial charge is 0.425 e. The van der Waals surface area contributed by atoms with Crippen LogP contribution in [0.4, 0.5) is 11.4 Å². The maximum absolute atomic E-state index is 13.4. The van der Waals surface area contributed by atoms with Crippen molar-refractivity contribution < 1.29 is 19.1 Å². The first-order chi connectivity index (χ1) is 22.6. The average Bonchev–Trinajstić information content (AvgIpc) is 3.50. The van der Waals surface area contributed by atoms with Gasteiger partial charge in [0.2, 0.25) is 0 Å². The molecular weight excluding hydrogens is 606 g/mol. The highest BCUT2D eigenvalue weighted by atomic mass is 16.5. The fourth-order valence-corrected chi connectivity index (χ4v) is 6.83. The van der Waals surface area contributed by atoms with E-state index in [1.807, 2.05) is 48.5 Å². The average molecular weight is 658 g/mol. The second-order valence-electron chi connectivity index (χ2n) is 18.0. The number of carbonyl (C=O) groups excluding carboxylic acids is 2. The monoisotopic (exact) mass is 657 g/mol. The number of nitrogens with one attached hydrogen (secondary N) is 1. The van der Waals surface area contributed by atoms with Gasteiger partial charge in [0.05, 0.1) is 0 Å². The quantitative estimate of drug-likeness (QED) is 0.175. The van der Waals surface area contributed by atoms with E-state index in [1.165, 1.54) is 11.1 Å². The zero-order chi connectivity index (χ0) is 35.8. The third kappa shape index (κ3) is 6.52. The minimum absolute atomic E-state index is 0.0687. The molecule has 2 aliphatic rings. The van der Waals surface area contributed by atoms with Crippen LogP contribution >= 0.6 is 0 Å². The van der Waals surface area contributed by atoms with Crippen molar-refractivity contribution in [2.24, 2.45) is 0 Å². The molecule has 5 heteroatoms. The normalized spacial score (nSPS) is 17.8. The molecule has 1 N–H and O–H groups in total. The van der Waals surface area contributed by atoms with Gasteiger partial charge in [-0.1, -0.05) is 132 Å². The molecule has 2 unspecified atom stereocenters. The Kier molecular flexibility index (Phi) is 8.17. The second kappa shape index (κ2) is 11.6. The van der Waals surface area contributed by atoms with Gasteiger partial charge in [0.1, 0.15) is 23.3 Å². The predicted molar refractivity (Wildman–Crippen MR) is 199 cm³/mol. The number of fused-ring (bicyclic) bond motifs is 2. The Hall–Kier alpha value is -4.38. The number of benzene rings is 4. The van der Waals surface area contributed by atoms with E-state index in [0.29, 0.717) is 11.5 Å². The topological polar surface area (TPSA) is 64.6 Å². The van der Waals surface area contributed by atoms with Crippen molar-refractivity contribution in [1.82, 2.24) is 0 Å². The summed E-state index contributed by atoms with van der Waals surface area (Å²) in [5.74, 6) is -0.0124. The van der Waals surface area contributed by atoms with Gasteiger partial charge in [0.15, 0.2) is 0 Å². The summed E-state index contributed by atoms with van der Waals surface area (Å²) in [6.45, 7) is 26.2. The molecule has 5 nitrogen and oxygen atoms in total. The van der Waals surface area contributed by atoms with E-state index in [1.54, 1.807) is 0 Å². The smallest absolute Gasteiger partial charge is 0.323 e. The van der Waals surface area contributed by atoms with Crippen LogP contribution in [0.2, 0.25) is 0 Å². The summed E-state index contributed by atoms with van der Waals surface area (Å²) >= 11 is 0. The highest BCUT2D eigenvalue weighted by Gasteiger charge is 2.41. The van der Waals surface area contributed by atoms with E-state index in [0.717, 1.165) is 44.8 Å². The molecule has 256 valence electrons. The molecule has 0 aromatic heterocycles. The van der Waals surface area contributed by atoms with E-state index < -0.39 is 11.8 Å². The number of ether oxygens (including phenoxy) is 2. The van der Waals surface area contributed by atoms with Crippen LogP contribution in [0.5, 0.6) is 11.5 Å². The zero-order valence-corrected chi connectivity index (χ0v) is 31.2. The van der Waals surface area contributed by atoms with Crippen LogP contribution in [0.3, 0.4) is 0 Å². The van der Waals surface area contributed by atoms with Crippen LogP contribution in [-0.4, -0.2) is 11.9 Å². The van der Waals surface area contributed by atoms with Crippen LogP contribution in [-0.2, 0) is 31.2 Å². The Labute approximate surface area is 292 Å². The number of carbonyl (C=O) groups is 2. The highest BCUT2D eigenvalue weighted by Crippen LogP contribution is 2.49. The molecule has 2 heterocycles. The summed E-state index contributed by atoms with van der Waals surface area (Å²) in [6, 6.07) is 24.7. The standard InChI is InChI=1S/C44H51NO4/c1-41(2,3)27-21-31-35(39(46)48-37(31)33(23-27)43(7,8)9)25-13-17-29(18-14-25)45-30-19-15-26(16-20-30)36-32-22-28(42(4,5)6)24-34(44(10,11)12)38(32)49-40(36)47/h13-24,35-36,45H,1-12H3. The molecule has 0 spiro atoms. The molecular formula is C44H51NO4. The number of anilines is 2. The molecule has 0 radical (unpaired) electrons. The Bertz CT molecular complexity index is 1800. The maximum atomic E-state index is 13.4. The van der Waals surface area contributed by atoms with Gasteiger partial charge in [-0.05, 0) is 68.2 Å². The molecule has 0 amide bonds. The molecule has 0 saturated heterocycles. The van der Waals surface area contributed by atoms with Crippen LogP contribution in [0.1, 0.15) is 139 Å². The van der Waals surface area contributed by atoms with Crippen molar-refractivity contribution in [2.75, 3.05) is 5.32 Å².